The number of aromatic nitrogens is 3. The maximum Gasteiger partial charge on any atom is 0.349 e. The van der Waals surface area contributed by atoms with Crippen LogP contribution in [0, 0.1) is 0 Å². The molecule has 11 heavy (non-hydrogen) atoms. The molecule has 0 aromatic carbocycles. The van der Waals surface area contributed by atoms with E-state index < -0.39 is 0 Å². The zero-order valence-electron chi connectivity index (χ0n) is 5.56. The molecule has 0 bridgehead atoms. The Kier molecular flexibility index (Phi) is 1.16. The smallest absolute Gasteiger partial charge is 0.349 e. The third-order valence-electron chi connectivity index (χ3n) is 1.27. The molecule has 0 saturated carbocycles. The highest BCUT2D eigenvalue weighted by Crippen LogP contribution is 2.06. The summed E-state index contributed by atoms with van der Waals surface area (Å²) in [6, 6.07) is 1.58. The van der Waals surface area contributed by atoms with Gasteiger partial charge >= 0.3 is 4.96 Å². The molecule has 2 rings (SSSR count). The summed E-state index contributed by atoms with van der Waals surface area (Å²) >= 11 is 1.40. The second-order valence-corrected chi connectivity index (χ2v) is 2.85. The molecule has 2 aromatic rings. The molecule has 2 heterocycles. The number of anilines is 2. The van der Waals surface area contributed by atoms with Crippen LogP contribution in [0.3, 0.4) is 0 Å². The molecule has 0 atom stereocenters. The van der Waals surface area contributed by atoms with Gasteiger partial charge in [-0.25, -0.2) is 0 Å². The van der Waals surface area contributed by atoms with Crippen molar-refractivity contribution in [2.24, 2.45) is 0 Å². The van der Waals surface area contributed by atoms with E-state index in [1.54, 1.807) is 16.1 Å². The van der Waals surface area contributed by atoms with Crippen LogP contribution in [0.2, 0.25) is 0 Å². The third-order valence-corrected chi connectivity index (χ3v) is 1.94. The van der Waals surface area contributed by atoms with Crippen molar-refractivity contribution >= 4 is 27.9 Å². The minimum Gasteiger partial charge on any atom is -0.370 e. The summed E-state index contributed by atoms with van der Waals surface area (Å²) in [7, 11) is 0. The van der Waals surface area contributed by atoms with Crippen LogP contribution in [0.4, 0.5) is 11.6 Å². The summed E-state index contributed by atoms with van der Waals surface area (Å²) < 4.78 is 1.54. The van der Waals surface area contributed by atoms with Crippen LogP contribution in [0.1, 0.15) is 0 Å². The van der Waals surface area contributed by atoms with Crippen molar-refractivity contribution < 1.29 is 4.52 Å². The Morgan fingerprint density at radius 2 is 2.27 bits per heavy atom. The van der Waals surface area contributed by atoms with Gasteiger partial charge in [-0.1, -0.05) is 9.50 Å². The molecule has 0 spiro atoms. The Morgan fingerprint density at radius 3 is 3.09 bits per heavy atom. The average Bonchev–Trinajstić information content (AvgIpc) is 2.34. The normalized spacial score (nSPS) is 10.5. The number of fused-ring (bicyclic) bond motifs is 1. The molecule has 0 aliphatic carbocycles. The molecule has 4 N–H and O–H groups in total. The molecule has 0 amide bonds. The van der Waals surface area contributed by atoms with E-state index in [0.717, 1.165) is 0 Å². The van der Waals surface area contributed by atoms with Crippen molar-refractivity contribution in [2.45, 2.75) is 0 Å². The van der Waals surface area contributed by atoms with Crippen molar-refractivity contribution in [1.82, 2.24) is 10.1 Å². The van der Waals surface area contributed by atoms with Crippen molar-refractivity contribution in [3.05, 3.63) is 11.6 Å². The quantitative estimate of drug-likeness (QED) is 0.517. The van der Waals surface area contributed by atoms with Crippen LogP contribution in [-0.2, 0) is 0 Å². The van der Waals surface area contributed by atoms with Gasteiger partial charge in [-0.2, -0.15) is 0 Å². The Balaban J connectivity index is 2.91. The summed E-state index contributed by atoms with van der Waals surface area (Å²) in [5, 5.41) is 3.95. The van der Waals surface area contributed by atoms with E-state index in [1.165, 1.54) is 11.3 Å². The first-order valence-electron chi connectivity index (χ1n) is 2.95. The molecule has 5 nitrogen and oxygen atoms in total. The van der Waals surface area contributed by atoms with Gasteiger partial charge in [0.25, 0.3) is 0 Å². The fourth-order valence-corrected chi connectivity index (χ4v) is 1.47. The van der Waals surface area contributed by atoms with Gasteiger partial charge in [0.2, 0.25) is 11.6 Å². The molecule has 0 fully saturated rings. The number of nitrogen functional groups attached to an aromatic ring is 2. The SMILES string of the molecule is Nc1cc(N)[n+]2ncsc2n1. The van der Waals surface area contributed by atoms with Gasteiger partial charge in [-0.05, 0) is 11.3 Å². The highest BCUT2D eigenvalue weighted by atomic mass is 32.1. The van der Waals surface area contributed by atoms with Crippen LogP contribution < -0.4 is 16.0 Å². The molecule has 56 valence electrons. The third kappa shape index (κ3) is 0.874. The zero-order valence-corrected chi connectivity index (χ0v) is 6.38. The number of nitrogens with zero attached hydrogens (tertiary/aromatic N) is 3. The first kappa shape index (κ1) is 6.29. The average molecular weight is 168 g/mol. The van der Waals surface area contributed by atoms with Crippen molar-refractivity contribution in [3.63, 3.8) is 0 Å². The van der Waals surface area contributed by atoms with Crippen LogP contribution in [0.25, 0.3) is 4.96 Å². The van der Waals surface area contributed by atoms with Crippen molar-refractivity contribution in [2.75, 3.05) is 11.5 Å². The first-order chi connectivity index (χ1) is 5.27. The summed E-state index contributed by atoms with van der Waals surface area (Å²) in [4.78, 5) is 4.72. The van der Waals surface area contributed by atoms with E-state index in [-0.39, 0.29) is 0 Å². The summed E-state index contributed by atoms with van der Waals surface area (Å²) in [5.41, 5.74) is 12.7. The van der Waals surface area contributed by atoms with Gasteiger partial charge in [-0.15, -0.1) is 5.10 Å². The maximum atomic E-state index is 5.59. The fourth-order valence-electron chi connectivity index (χ4n) is 0.823. The summed E-state index contributed by atoms with van der Waals surface area (Å²) in [6.45, 7) is 0. The summed E-state index contributed by atoms with van der Waals surface area (Å²) in [6.07, 6.45) is 0. The number of hydrogen-bond donors (Lipinski definition) is 2. The van der Waals surface area contributed by atoms with Crippen molar-refractivity contribution in [3.8, 4) is 0 Å². The largest absolute Gasteiger partial charge is 0.370 e. The second-order valence-electron chi connectivity index (χ2n) is 2.04. The molecule has 2 aromatic heterocycles. The Bertz CT molecular complexity index is 395. The first-order valence-corrected chi connectivity index (χ1v) is 3.83. The lowest BCUT2D eigenvalue weighted by Crippen LogP contribution is -2.28. The van der Waals surface area contributed by atoms with E-state index in [4.69, 9.17) is 11.5 Å². The Labute approximate surface area is 66.3 Å². The van der Waals surface area contributed by atoms with Gasteiger partial charge < -0.3 is 11.5 Å². The highest BCUT2D eigenvalue weighted by Gasteiger charge is 2.09. The predicted molar refractivity (Wildman–Crippen MR) is 41.9 cm³/mol. The van der Waals surface area contributed by atoms with Gasteiger partial charge in [0.1, 0.15) is 5.51 Å². The molecule has 0 aliphatic heterocycles. The molecule has 0 unspecified atom stereocenters. The van der Waals surface area contributed by atoms with E-state index in [9.17, 15) is 0 Å². The van der Waals surface area contributed by atoms with Crippen LogP contribution in [0.15, 0.2) is 11.6 Å². The standard InChI is InChI=1S/C5H5N5S/c6-3-1-4(7)10-5(9-3)11-2-8-10/h1-2H,(H3,6,7)/p+1. The zero-order chi connectivity index (χ0) is 7.84. The Hall–Kier alpha value is -1.43. The van der Waals surface area contributed by atoms with E-state index in [1.807, 2.05) is 0 Å². The molecule has 0 saturated heterocycles. The topological polar surface area (TPSA) is 81.9 Å². The monoisotopic (exact) mass is 168 g/mol. The number of nitrogens with two attached hydrogens (primary N) is 2. The Morgan fingerprint density at radius 1 is 1.45 bits per heavy atom. The summed E-state index contributed by atoms with van der Waals surface area (Å²) in [5.74, 6) is 0.931. The fraction of sp³-hybridized carbons (Fsp3) is 0. The van der Waals surface area contributed by atoms with E-state index in [0.29, 0.717) is 16.6 Å². The van der Waals surface area contributed by atoms with Crippen molar-refractivity contribution in [1.29, 1.82) is 0 Å². The van der Waals surface area contributed by atoms with Gasteiger partial charge in [0.15, 0.2) is 0 Å². The molecular formula is C5H6N5S+. The van der Waals surface area contributed by atoms with E-state index >= 15 is 0 Å². The molecular weight excluding hydrogens is 162 g/mol. The van der Waals surface area contributed by atoms with Crippen LogP contribution in [0.5, 0.6) is 0 Å². The minimum atomic E-state index is 0.423. The minimum absolute atomic E-state index is 0.423. The number of rotatable bonds is 0. The second kappa shape index (κ2) is 2.03. The molecule has 6 heteroatoms. The van der Waals surface area contributed by atoms with E-state index in [2.05, 4.69) is 10.1 Å². The van der Waals surface area contributed by atoms with Crippen LogP contribution >= 0.6 is 11.3 Å². The predicted octanol–water partition coefficient (Wildman–Crippen LogP) is -0.559. The molecule has 0 aliphatic rings. The molecule has 0 radical (unpaired) electrons. The van der Waals surface area contributed by atoms with Gasteiger partial charge in [-0.3, -0.25) is 0 Å². The number of hydrogen-bond acceptors (Lipinski definition) is 5. The van der Waals surface area contributed by atoms with Gasteiger partial charge in [0, 0.05) is 0 Å². The lowest BCUT2D eigenvalue weighted by atomic mass is 10.5. The van der Waals surface area contributed by atoms with Crippen LogP contribution in [-0.4, -0.2) is 10.1 Å². The van der Waals surface area contributed by atoms with Gasteiger partial charge in [0.05, 0.1) is 6.07 Å². The maximum absolute atomic E-state index is 5.59. The lowest BCUT2D eigenvalue weighted by Gasteiger charge is -1.88. The highest BCUT2D eigenvalue weighted by molar-refractivity contribution is 7.14. The lowest BCUT2D eigenvalue weighted by molar-refractivity contribution is -0.562.